The van der Waals surface area contributed by atoms with E-state index in [0.29, 0.717) is 29.7 Å². The Morgan fingerprint density at radius 2 is 1.53 bits per heavy atom. The van der Waals surface area contributed by atoms with Gasteiger partial charge in [-0.3, -0.25) is 0 Å². The first-order valence-electron chi connectivity index (χ1n) is 25.4. The topological polar surface area (TPSA) is 52.0 Å². The Kier molecular flexibility index (Phi) is 11.0. The summed E-state index contributed by atoms with van der Waals surface area (Å²) in [5.74, 6) is 3.56. The third kappa shape index (κ3) is 7.66. The van der Waals surface area contributed by atoms with Crippen LogP contribution in [-0.4, -0.2) is 35.3 Å². The van der Waals surface area contributed by atoms with Crippen LogP contribution in [0.5, 0.6) is 0 Å². The number of hydrogen-bond acceptors (Lipinski definition) is 6. The van der Waals surface area contributed by atoms with Gasteiger partial charge >= 0.3 is 0 Å². The van der Waals surface area contributed by atoms with Crippen molar-refractivity contribution >= 4 is 23.4 Å². The molecule has 7 unspecified atom stereocenters. The predicted molar refractivity (Wildman–Crippen MR) is 282 cm³/mol. The molecular formula is C62H59N5S. The van der Waals surface area contributed by atoms with Crippen LogP contribution in [-0.2, 0) is 0 Å². The summed E-state index contributed by atoms with van der Waals surface area (Å²) in [4.78, 5) is 16.8. The van der Waals surface area contributed by atoms with Crippen LogP contribution in [0.3, 0.4) is 0 Å². The molecule has 11 aliphatic rings. The van der Waals surface area contributed by atoms with Crippen LogP contribution < -0.4 is 10.6 Å². The predicted octanol–water partition coefficient (Wildman–Crippen LogP) is 13.6. The average molecular weight is 906 g/mol. The summed E-state index contributed by atoms with van der Waals surface area (Å²) in [7, 11) is 0. The zero-order chi connectivity index (χ0) is 45.0. The van der Waals surface area contributed by atoms with E-state index < -0.39 is 0 Å². The highest BCUT2D eigenvalue weighted by molar-refractivity contribution is 8.07. The molecule has 338 valence electrons. The number of aliphatic imine (C=N–C) groups is 2. The molecule has 6 heteroatoms. The Labute approximate surface area is 406 Å². The molecule has 5 nitrogen and oxygen atoms in total. The number of rotatable bonds is 8. The second-order valence-electron chi connectivity index (χ2n) is 20.0. The van der Waals surface area contributed by atoms with Gasteiger partial charge in [0.15, 0.2) is 0 Å². The first-order chi connectivity index (χ1) is 33.7. The fourth-order valence-corrected chi connectivity index (χ4v) is 14.0. The number of nitrogens with one attached hydrogen (secondary N) is 2. The minimum atomic E-state index is -0.160. The minimum Gasteiger partial charge on any atom is -0.383 e. The molecule has 0 aromatic heterocycles. The summed E-state index contributed by atoms with van der Waals surface area (Å²) in [5, 5.41) is 8.05. The second-order valence-corrected chi connectivity index (χ2v) is 21.2. The summed E-state index contributed by atoms with van der Waals surface area (Å²) in [6.07, 6.45) is 53.4. The standard InChI is InChI=1S/C62H59N5S/c1-6-18-40(19-7-1)44-30-32-48(41-20-8-2-9-21-41)51(34-44)46-35-54(62-65-60(42-22-10-3-11-23-42)64-61(66-62)43-24-12-4-13-25-43)59(63-39-46)45-31-33-50-53-37-56-52(38-58(53)68-57(50)36-45)49-28-16-17-29-55(49)67(56)47-26-14-5-15-27-47/h1,3-8,10-12,14-23,26,29-33,35,38,43-45,47,49,53,61,63H,2,9,13,24-25,27-28,34,36-37,39H2,(H,64,65,66). The summed E-state index contributed by atoms with van der Waals surface area (Å²) in [6, 6.07) is 22.1. The van der Waals surface area contributed by atoms with Gasteiger partial charge in [-0.25, -0.2) is 9.98 Å². The van der Waals surface area contributed by atoms with E-state index in [1.54, 1.807) is 11.3 Å². The molecule has 4 aliphatic heterocycles. The van der Waals surface area contributed by atoms with Crippen LogP contribution in [0.15, 0.2) is 246 Å². The van der Waals surface area contributed by atoms with E-state index >= 15 is 0 Å². The number of benzene rings is 2. The van der Waals surface area contributed by atoms with E-state index in [1.807, 2.05) is 0 Å². The number of nitrogens with zero attached hydrogens (tertiary/aromatic N) is 3. The molecule has 7 aliphatic carbocycles. The van der Waals surface area contributed by atoms with Gasteiger partial charge in [0.05, 0.1) is 6.04 Å². The Hall–Kier alpha value is -6.37. The van der Waals surface area contributed by atoms with Gasteiger partial charge in [0, 0.05) is 64.4 Å². The van der Waals surface area contributed by atoms with Gasteiger partial charge in [0.25, 0.3) is 0 Å². The number of amidine groups is 2. The number of hydrogen-bond donors (Lipinski definition) is 2. The molecule has 7 atom stereocenters. The molecule has 0 fully saturated rings. The van der Waals surface area contributed by atoms with E-state index in [4.69, 9.17) is 9.98 Å². The van der Waals surface area contributed by atoms with Gasteiger partial charge in [-0.2, -0.15) is 0 Å². The van der Waals surface area contributed by atoms with Gasteiger partial charge in [0.1, 0.15) is 17.8 Å². The molecule has 68 heavy (non-hydrogen) atoms. The van der Waals surface area contributed by atoms with E-state index in [2.05, 4.69) is 197 Å². The monoisotopic (exact) mass is 905 g/mol. The summed E-state index contributed by atoms with van der Waals surface area (Å²) < 4.78 is 0. The molecule has 2 aromatic rings. The lowest BCUT2D eigenvalue weighted by Crippen LogP contribution is -2.42. The Morgan fingerprint density at radius 1 is 0.662 bits per heavy atom. The number of thioether (sulfide) groups is 1. The van der Waals surface area contributed by atoms with Crippen LogP contribution in [0.2, 0.25) is 0 Å². The van der Waals surface area contributed by atoms with Gasteiger partial charge in [-0.1, -0.05) is 164 Å². The molecule has 0 saturated carbocycles. The third-order valence-electron chi connectivity index (χ3n) is 16.0. The van der Waals surface area contributed by atoms with Crippen molar-refractivity contribution in [3.63, 3.8) is 0 Å². The van der Waals surface area contributed by atoms with Gasteiger partial charge < -0.3 is 15.5 Å². The van der Waals surface area contributed by atoms with Gasteiger partial charge in [-0.05, 0) is 131 Å². The van der Waals surface area contributed by atoms with Crippen LogP contribution in [0.25, 0.3) is 0 Å². The smallest absolute Gasteiger partial charge is 0.147 e. The molecule has 2 N–H and O–H groups in total. The van der Waals surface area contributed by atoms with Crippen LogP contribution in [0.1, 0.15) is 81.3 Å². The molecule has 2 aromatic carbocycles. The average Bonchev–Trinajstić information content (AvgIpc) is 3.95. The number of allylic oxidation sites excluding steroid dienone is 22. The number of dihydropyridines is 1. The van der Waals surface area contributed by atoms with Crippen molar-refractivity contribution < 1.29 is 0 Å². The Balaban J connectivity index is 0.886. The van der Waals surface area contributed by atoms with Crippen LogP contribution in [0, 0.1) is 23.7 Å². The molecule has 13 rings (SSSR count). The largest absolute Gasteiger partial charge is 0.383 e. The zero-order valence-corrected chi connectivity index (χ0v) is 39.6. The third-order valence-corrected chi connectivity index (χ3v) is 17.3. The van der Waals surface area contributed by atoms with Crippen molar-refractivity contribution in [2.75, 3.05) is 6.54 Å². The highest BCUT2D eigenvalue weighted by atomic mass is 32.2. The molecular weight excluding hydrogens is 847 g/mol. The first-order valence-corrected chi connectivity index (χ1v) is 26.2. The van der Waals surface area contributed by atoms with Crippen LogP contribution >= 0.6 is 11.8 Å². The van der Waals surface area contributed by atoms with Crippen molar-refractivity contribution in [1.29, 1.82) is 0 Å². The molecule has 4 heterocycles. The van der Waals surface area contributed by atoms with Crippen molar-refractivity contribution in [2.24, 2.45) is 33.7 Å². The highest BCUT2D eigenvalue weighted by Gasteiger charge is 2.45. The summed E-state index contributed by atoms with van der Waals surface area (Å²) in [6.45, 7) is 0.772. The SMILES string of the molecule is C1=CCC2C(=C1)N(C1C=CC=CC1)C1=C2C=C2SC3=C(C=CC(C4=C(C5=NC(C6CC=CCC6)N=C(c6ccccc6)N5)C=C(C5=C(C6=CCCC=C6)C=CC(c6ccccc6)C5)CN4)C3)C2C1. The fraction of sp³-hybridized carbons (Fsp3) is 0.290. The lowest BCUT2D eigenvalue weighted by atomic mass is 9.77. The first kappa shape index (κ1) is 41.8. The van der Waals surface area contributed by atoms with Gasteiger partial charge in [-0.15, -0.1) is 0 Å². The molecule has 0 bridgehead atoms. The van der Waals surface area contributed by atoms with E-state index in [1.165, 1.54) is 60.2 Å². The highest BCUT2D eigenvalue weighted by Crippen LogP contribution is 2.59. The lowest BCUT2D eigenvalue weighted by molar-refractivity contribution is 0.342. The van der Waals surface area contributed by atoms with E-state index in [0.717, 1.165) is 88.0 Å². The maximum Gasteiger partial charge on any atom is 0.147 e. The second kappa shape index (κ2) is 17.9. The fourth-order valence-electron chi connectivity index (χ4n) is 12.5. The van der Waals surface area contributed by atoms with E-state index in [-0.39, 0.29) is 12.1 Å². The van der Waals surface area contributed by atoms with Crippen molar-refractivity contribution in [1.82, 2.24) is 15.5 Å². The quantitative estimate of drug-likeness (QED) is 0.259. The van der Waals surface area contributed by atoms with Crippen molar-refractivity contribution in [2.45, 2.75) is 82.3 Å². The van der Waals surface area contributed by atoms with Gasteiger partial charge in [0.2, 0.25) is 0 Å². The normalized spacial score (nSPS) is 30.2. The lowest BCUT2D eigenvalue weighted by Gasteiger charge is -2.35. The van der Waals surface area contributed by atoms with Crippen molar-refractivity contribution in [3.8, 4) is 0 Å². The summed E-state index contributed by atoms with van der Waals surface area (Å²) >= 11 is 2.07. The molecule has 0 spiro atoms. The molecule has 0 amide bonds. The van der Waals surface area contributed by atoms with E-state index in [9.17, 15) is 0 Å². The van der Waals surface area contributed by atoms with Crippen molar-refractivity contribution in [3.05, 3.63) is 247 Å². The maximum atomic E-state index is 5.65. The van der Waals surface area contributed by atoms with Crippen LogP contribution in [0.4, 0.5) is 0 Å². The zero-order valence-electron chi connectivity index (χ0n) is 38.7. The summed E-state index contributed by atoms with van der Waals surface area (Å²) in [5.41, 5.74) is 16.5. The Morgan fingerprint density at radius 3 is 2.37 bits per heavy atom. The maximum absolute atomic E-state index is 5.65. The molecule has 0 saturated heterocycles. The minimum absolute atomic E-state index is 0.160. The Bertz CT molecular complexity index is 2980. The number of fused-ring (bicyclic) bond motifs is 4. The molecule has 0 radical (unpaired) electrons.